The van der Waals surface area contributed by atoms with Crippen LogP contribution in [-0.2, 0) is 4.79 Å². The minimum Gasteiger partial charge on any atom is -0.318 e. The first-order valence-corrected chi connectivity index (χ1v) is 8.50. The summed E-state index contributed by atoms with van der Waals surface area (Å²) in [6, 6.07) is 6.94. The van der Waals surface area contributed by atoms with Crippen molar-refractivity contribution in [3.8, 4) is 0 Å². The number of rotatable bonds is 2. The molecule has 1 fully saturated rings. The first kappa shape index (κ1) is 16.1. The number of benzene rings is 1. The molecule has 0 radical (unpaired) electrons. The Kier molecular flexibility index (Phi) is 5.09. The molecule has 1 heterocycles. The van der Waals surface area contributed by atoms with Gasteiger partial charge in [-0.2, -0.15) is 4.99 Å². The lowest BCUT2D eigenvalue weighted by Crippen LogP contribution is -2.42. The molecule has 1 saturated heterocycles. The number of thioether (sulfide) groups is 1. The Hall–Kier alpha value is -1.29. The molecule has 114 valence electrons. The largest absolute Gasteiger partial charge is 0.318 e. The number of anilines is 1. The van der Waals surface area contributed by atoms with Gasteiger partial charge in [-0.25, -0.2) is 0 Å². The van der Waals surface area contributed by atoms with Crippen molar-refractivity contribution in [1.29, 1.82) is 0 Å². The number of hydrogen-bond donors (Lipinski definition) is 0. The van der Waals surface area contributed by atoms with E-state index in [1.165, 1.54) is 23.7 Å². The summed E-state index contributed by atoms with van der Waals surface area (Å²) >= 11 is 1.68. The maximum absolute atomic E-state index is 11.5. The lowest BCUT2D eigenvalue weighted by molar-refractivity contribution is -0.115. The fourth-order valence-electron chi connectivity index (χ4n) is 2.62. The molecule has 1 atom stereocenters. The summed E-state index contributed by atoms with van der Waals surface area (Å²) in [6.45, 7) is 10.2. The van der Waals surface area contributed by atoms with Gasteiger partial charge < -0.3 is 4.90 Å². The van der Waals surface area contributed by atoms with Crippen LogP contribution >= 0.6 is 11.8 Å². The summed E-state index contributed by atoms with van der Waals surface area (Å²) in [4.78, 5) is 17.9. The van der Waals surface area contributed by atoms with Crippen molar-refractivity contribution in [2.24, 2.45) is 4.99 Å². The van der Waals surface area contributed by atoms with Gasteiger partial charge in [-0.15, -0.1) is 0 Å². The van der Waals surface area contributed by atoms with Crippen LogP contribution in [0.5, 0.6) is 0 Å². The molecule has 0 spiro atoms. The van der Waals surface area contributed by atoms with Gasteiger partial charge in [0, 0.05) is 24.4 Å². The standard InChI is InChI=1S/C17H24N2OS/c1-11(2)15-7-6-12(3)10-16(15)19-13(4)8-9-21-17(19)18-14(5)20/h6-7,10-11,13H,8-9H2,1-5H3. The van der Waals surface area contributed by atoms with Crippen molar-refractivity contribution in [2.75, 3.05) is 10.7 Å². The highest BCUT2D eigenvalue weighted by Gasteiger charge is 2.28. The summed E-state index contributed by atoms with van der Waals surface area (Å²) in [6.07, 6.45) is 1.10. The molecule has 1 aliphatic rings. The number of aryl methyl sites for hydroxylation is 1. The summed E-state index contributed by atoms with van der Waals surface area (Å²) < 4.78 is 0. The number of amidine groups is 1. The smallest absolute Gasteiger partial charge is 0.244 e. The third-order valence-electron chi connectivity index (χ3n) is 3.73. The highest BCUT2D eigenvalue weighted by molar-refractivity contribution is 8.14. The van der Waals surface area contributed by atoms with Gasteiger partial charge in [0.15, 0.2) is 5.17 Å². The van der Waals surface area contributed by atoms with E-state index in [1.807, 2.05) is 0 Å². The van der Waals surface area contributed by atoms with Crippen LogP contribution in [0.2, 0.25) is 0 Å². The van der Waals surface area contributed by atoms with Crippen LogP contribution in [0.25, 0.3) is 0 Å². The second-order valence-corrected chi connectivity index (χ2v) is 7.05. The fraction of sp³-hybridized carbons (Fsp3) is 0.529. The lowest BCUT2D eigenvalue weighted by Gasteiger charge is -2.37. The Labute approximate surface area is 131 Å². The van der Waals surface area contributed by atoms with Crippen molar-refractivity contribution in [3.05, 3.63) is 29.3 Å². The minimum absolute atomic E-state index is 0.129. The zero-order chi connectivity index (χ0) is 15.6. The summed E-state index contributed by atoms with van der Waals surface area (Å²) in [5, 5.41) is 0.841. The Balaban J connectivity index is 2.54. The number of hydrogen-bond acceptors (Lipinski definition) is 2. The molecule has 2 rings (SSSR count). The van der Waals surface area contributed by atoms with E-state index in [0.29, 0.717) is 12.0 Å². The molecule has 1 unspecified atom stereocenters. The Morgan fingerprint density at radius 2 is 2.14 bits per heavy atom. The van der Waals surface area contributed by atoms with Gasteiger partial charge in [0.2, 0.25) is 5.91 Å². The third-order valence-corrected chi connectivity index (χ3v) is 4.72. The van der Waals surface area contributed by atoms with E-state index in [0.717, 1.165) is 17.3 Å². The van der Waals surface area contributed by atoms with Gasteiger partial charge in [0.1, 0.15) is 0 Å². The van der Waals surface area contributed by atoms with Crippen molar-refractivity contribution in [3.63, 3.8) is 0 Å². The average molecular weight is 304 g/mol. The number of carbonyl (C=O) groups excluding carboxylic acids is 1. The zero-order valence-corrected chi connectivity index (χ0v) is 14.3. The second kappa shape index (κ2) is 6.65. The predicted molar refractivity (Wildman–Crippen MR) is 92.4 cm³/mol. The van der Waals surface area contributed by atoms with E-state index in [-0.39, 0.29) is 5.91 Å². The maximum atomic E-state index is 11.5. The summed E-state index contributed by atoms with van der Waals surface area (Å²) in [7, 11) is 0. The van der Waals surface area contributed by atoms with Crippen LogP contribution in [0.1, 0.15) is 51.2 Å². The van der Waals surface area contributed by atoms with Crippen LogP contribution in [-0.4, -0.2) is 22.9 Å². The van der Waals surface area contributed by atoms with Crippen molar-refractivity contribution in [2.45, 2.75) is 53.0 Å². The molecular weight excluding hydrogens is 280 g/mol. The molecule has 1 aromatic rings. The molecule has 3 nitrogen and oxygen atoms in total. The van der Waals surface area contributed by atoms with E-state index in [9.17, 15) is 4.79 Å². The first-order valence-electron chi connectivity index (χ1n) is 7.52. The monoisotopic (exact) mass is 304 g/mol. The van der Waals surface area contributed by atoms with E-state index in [4.69, 9.17) is 0 Å². The minimum atomic E-state index is -0.129. The van der Waals surface area contributed by atoms with Gasteiger partial charge >= 0.3 is 0 Å². The van der Waals surface area contributed by atoms with Gasteiger partial charge in [-0.3, -0.25) is 4.79 Å². The van der Waals surface area contributed by atoms with Crippen LogP contribution in [0.15, 0.2) is 23.2 Å². The molecule has 0 saturated carbocycles. The molecule has 1 aliphatic heterocycles. The Morgan fingerprint density at radius 1 is 1.43 bits per heavy atom. The lowest BCUT2D eigenvalue weighted by atomic mass is 9.98. The summed E-state index contributed by atoms with van der Waals surface area (Å²) in [5.74, 6) is 1.33. The van der Waals surface area contributed by atoms with E-state index < -0.39 is 0 Å². The molecule has 0 aromatic heterocycles. The number of carbonyl (C=O) groups is 1. The predicted octanol–water partition coefficient (Wildman–Crippen LogP) is 4.35. The van der Waals surface area contributed by atoms with Crippen LogP contribution < -0.4 is 4.90 Å². The molecule has 0 bridgehead atoms. The number of amides is 1. The second-order valence-electron chi connectivity index (χ2n) is 5.99. The molecular formula is C17H24N2OS. The van der Waals surface area contributed by atoms with Gasteiger partial charge in [0.05, 0.1) is 0 Å². The Bertz CT molecular complexity index is 566. The number of aliphatic imine (C=N–C) groups is 1. The van der Waals surface area contributed by atoms with Crippen LogP contribution in [0, 0.1) is 6.92 Å². The van der Waals surface area contributed by atoms with Gasteiger partial charge in [0.25, 0.3) is 0 Å². The number of nitrogens with zero attached hydrogens (tertiary/aromatic N) is 2. The molecule has 4 heteroatoms. The Morgan fingerprint density at radius 3 is 2.76 bits per heavy atom. The maximum Gasteiger partial charge on any atom is 0.244 e. The quantitative estimate of drug-likeness (QED) is 0.814. The van der Waals surface area contributed by atoms with E-state index >= 15 is 0 Å². The van der Waals surface area contributed by atoms with Crippen LogP contribution in [0.3, 0.4) is 0 Å². The van der Waals surface area contributed by atoms with Crippen LogP contribution in [0.4, 0.5) is 5.69 Å². The van der Waals surface area contributed by atoms with E-state index in [1.54, 1.807) is 11.8 Å². The molecule has 21 heavy (non-hydrogen) atoms. The highest BCUT2D eigenvalue weighted by Crippen LogP contribution is 2.35. The normalized spacial score (nSPS) is 21.1. The van der Waals surface area contributed by atoms with Crippen molar-refractivity contribution >= 4 is 28.5 Å². The average Bonchev–Trinajstić information content (AvgIpc) is 2.37. The third kappa shape index (κ3) is 3.67. The highest BCUT2D eigenvalue weighted by atomic mass is 32.2. The topological polar surface area (TPSA) is 32.7 Å². The summed E-state index contributed by atoms with van der Waals surface area (Å²) in [5.41, 5.74) is 3.75. The fourth-order valence-corrected chi connectivity index (χ4v) is 3.87. The zero-order valence-electron chi connectivity index (χ0n) is 13.5. The SMILES string of the molecule is CC(=O)N=C1SCCC(C)N1c1cc(C)ccc1C(C)C. The van der Waals surface area contributed by atoms with Crippen molar-refractivity contribution < 1.29 is 4.79 Å². The molecule has 0 N–H and O–H groups in total. The molecule has 0 aliphatic carbocycles. The van der Waals surface area contributed by atoms with Gasteiger partial charge in [-0.05, 0) is 43.4 Å². The molecule has 1 amide bonds. The van der Waals surface area contributed by atoms with Gasteiger partial charge in [-0.1, -0.05) is 37.7 Å². The molecule has 1 aromatic carbocycles. The van der Waals surface area contributed by atoms with E-state index in [2.05, 4.69) is 55.8 Å². The van der Waals surface area contributed by atoms with Crippen molar-refractivity contribution in [1.82, 2.24) is 0 Å². The first-order chi connectivity index (χ1) is 9.90.